The molecule has 0 saturated heterocycles. The highest BCUT2D eigenvalue weighted by molar-refractivity contribution is 7.89. The van der Waals surface area contributed by atoms with Crippen LogP contribution in [-0.4, -0.2) is 49.1 Å². The number of carboxylic acids is 1. The topological polar surface area (TPSA) is 104 Å². The third-order valence-corrected chi connectivity index (χ3v) is 6.13. The van der Waals surface area contributed by atoms with Gasteiger partial charge in [-0.15, -0.1) is 11.3 Å². The van der Waals surface area contributed by atoms with E-state index in [0.29, 0.717) is 11.1 Å². The molecule has 1 aromatic carbocycles. The normalized spacial score (nSPS) is 11.8. The SMILES string of the molecule is CCS(=O)(=O)N(C)CC(=O)Nc1ccc2sc(C(=O)O)cc2c1. The van der Waals surface area contributed by atoms with E-state index in [1.54, 1.807) is 18.2 Å². The number of sulfonamides is 1. The number of carbonyl (C=O) groups excluding carboxylic acids is 1. The monoisotopic (exact) mass is 356 g/mol. The van der Waals surface area contributed by atoms with Gasteiger partial charge < -0.3 is 10.4 Å². The summed E-state index contributed by atoms with van der Waals surface area (Å²) in [7, 11) is -2.07. The summed E-state index contributed by atoms with van der Waals surface area (Å²) in [5.74, 6) is -1.53. The molecule has 1 aromatic heterocycles. The summed E-state index contributed by atoms with van der Waals surface area (Å²) in [6.07, 6.45) is 0. The number of hydrogen-bond donors (Lipinski definition) is 2. The van der Waals surface area contributed by atoms with E-state index in [2.05, 4.69) is 5.32 Å². The van der Waals surface area contributed by atoms with Gasteiger partial charge in [-0.25, -0.2) is 13.2 Å². The molecule has 0 aliphatic carbocycles. The van der Waals surface area contributed by atoms with Crippen molar-refractivity contribution in [1.29, 1.82) is 0 Å². The average molecular weight is 356 g/mol. The number of fused-ring (bicyclic) bond motifs is 1. The Morgan fingerprint density at radius 1 is 1.30 bits per heavy atom. The number of likely N-dealkylation sites (N-methyl/N-ethyl adjacent to an activating group) is 1. The number of carboxylic acid groups (broad SMARTS) is 1. The Balaban J connectivity index is 2.12. The van der Waals surface area contributed by atoms with Gasteiger partial charge in [0.05, 0.1) is 12.3 Å². The van der Waals surface area contributed by atoms with Gasteiger partial charge in [-0.2, -0.15) is 4.31 Å². The van der Waals surface area contributed by atoms with E-state index in [-0.39, 0.29) is 17.2 Å². The summed E-state index contributed by atoms with van der Waals surface area (Å²) in [6.45, 7) is 1.23. The largest absolute Gasteiger partial charge is 0.477 e. The standard InChI is InChI=1S/C14H16N2O5S2/c1-3-23(20,21)16(2)8-13(17)15-10-4-5-11-9(6-10)7-12(22-11)14(18)19/h4-7H,3,8H2,1-2H3,(H,15,17)(H,18,19). The van der Waals surface area contributed by atoms with Gasteiger partial charge in [-0.3, -0.25) is 4.79 Å². The van der Waals surface area contributed by atoms with Crippen LogP contribution in [0.1, 0.15) is 16.6 Å². The summed E-state index contributed by atoms with van der Waals surface area (Å²) in [6, 6.07) is 6.56. The number of thiophene rings is 1. The van der Waals surface area contributed by atoms with Gasteiger partial charge in [-0.05, 0) is 36.6 Å². The molecule has 0 unspecified atom stereocenters. The lowest BCUT2D eigenvalue weighted by Gasteiger charge is -2.15. The Morgan fingerprint density at radius 2 is 2.00 bits per heavy atom. The summed E-state index contributed by atoms with van der Waals surface area (Å²) in [5, 5.41) is 12.3. The smallest absolute Gasteiger partial charge is 0.345 e. The fraction of sp³-hybridized carbons (Fsp3) is 0.286. The van der Waals surface area contributed by atoms with Crippen LogP contribution in [0.4, 0.5) is 5.69 Å². The first-order valence-electron chi connectivity index (χ1n) is 6.73. The minimum atomic E-state index is -3.42. The molecule has 0 aliphatic heterocycles. The molecule has 2 rings (SSSR count). The molecule has 23 heavy (non-hydrogen) atoms. The Morgan fingerprint density at radius 3 is 2.61 bits per heavy atom. The van der Waals surface area contributed by atoms with E-state index in [9.17, 15) is 18.0 Å². The van der Waals surface area contributed by atoms with Crippen LogP contribution in [0.2, 0.25) is 0 Å². The van der Waals surface area contributed by atoms with Gasteiger partial charge in [0.1, 0.15) is 4.88 Å². The highest BCUT2D eigenvalue weighted by Gasteiger charge is 2.18. The van der Waals surface area contributed by atoms with E-state index < -0.39 is 21.9 Å². The zero-order valence-corrected chi connectivity index (χ0v) is 14.2. The molecule has 2 aromatic rings. The van der Waals surface area contributed by atoms with Crippen molar-refractivity contribution in [3.63, 3.8) is 0 Å². The minimum Gasteiger partial charge on any atom is -0.477 e. The first kappa shape index (κ1) is 17.4. The number of rotatable bonds is 6. The zero-order valence-electron chi connectivity index (χ0n) is 12.6. The number of nitrogens with one attached hydrogen (secondary N) is 1. The lowest BCUT2D eigenvalue weighted by Crippen LogP contribution is -2.35. The van der Waals surface area contributed by atoms with Crippen molar-refractivity contribution in [3.05, 3.63) is 29.1 Å². The molecular weight excluding hydrogens is 340 g/mol. The Kier molecular flexibility index (Phi) is 5.03. The molecule has 124 valence electrons. The maximum atomic E-state index is 11.9. The molecule has 1 heterocycles. The van der Waals surface area contributed by atoms with Gasteiger partial charge >= 0.3 is 5.97 Å². The predicted octanol–water partition coefficient (Wildman–Crippen LogP) is 1.82. The molecule has 2 N–H and O–H groups in total. The quantitative estimate of drug-likeness (QED) is 0.822. The van der Waals surface area contributed by atoms with Crippen molar-refractivity contribution in [2.75, 3.05) is 24.7 Å². The van der Waals surface area contributed by atoms with Crippen molar-refractivity contribution in [2.24, 2.45) is 0 Å². The maximum absolute atomic E-state index is 11.9. The van der Waals surface area contributed by atoms with Crippen molar-refractivity contribution < 1.29 is 23.1 Å². The fourth-order valence-corrected chi connectivity index (χ4v) is 3.58. The predicted molar refractivity (Wildman–Crippen MR) is 89.5 cm³/mol. The lowest BCUT2D eigenvalue weighted by atomic mass is 10.2. The lowest BCUT2D eigenvalue weighted by molar-refractivity contribution is -0.116. The van der Waals surface area contributed by atoms with Crippen LogP contribution in [0.25, 0.3) is 10.1 Å². The second-order valence-corrected chi connectivity index (χ2v) is 8.32. The first-order chi connectivity index (χ1) is 10.7. The second-order valence-electron chi connectivity index (χ2n) is 4.87. The summed E-state index contributed by atoms with van der Waals surface area (Å²) in [5.41, 5.74) is 0.486. The third kappa shape index (κ3) is 4.06. The number of aromatic carboxylic acids is 1. The molecular formula is C14H16N2O5S2. The number of carbonyl (C=O) groups is 2. The molecule has 9 heteroatoms. The Hall–Kier alpha value is -1.97. The van der Waals surface area contributed by atoms with Crippen LogP contribution in [0.5, 0.6) is 0 Å². The van der Waals surface area contributed by atoms with Gasteiger partial charge in [0.15, 0.2) is 0 Å². The number of hydrogen-bond acceptors (Lipinski definition) is 5. The molecule has 0 atom stereocenters. The highest BCUT2D eigenvalue weighted by atomic mass is 32.2. The molecule has 0 radical (unpaired) electrons. The number of benzene rings is 1. The van der Waals surface area contributed by atoms with Gasteiger partial charge in [0, 0.05) is 17.4 Å². The van der Waals surface area contributed by atoms with E-state index >= 15 is 0 Å². The van der Waals surface area contributed by atoms with Crippen molar-refractivity contribution >= 4 is 49.0 Å². The first-order valence-corrected chi connectivity index (χ1v) is 9.16. The fourth-order valence-electron chi connectivity index (χ4n) is 1.95. The second kappa shape index (κ2) is 6.65. The number of nitrogens with zero attached hydrogens (tertiary/aromatic N) is 1. The van der Waals surface area contributed by atoms with Crippen LogP contribution in [-0.2, 0) is 14.8 Å². The highest BCUT2D eigenvalue weighted by Crippen LogP contribution is 2.28. The number of amides is 1. The van der Waals surface area contributed by atoms with Crippen molar-refractivity contribution in [3.8, 4) is 0 Å². The summed E-state index contributed by atoms with van der Waals surface area (Å²) < 4.78 is 25.0. The van der Waals surface area contributed by atoms with Crippen LogP contribution in [0.3, 0.4) is 0 Å². The molecule has 7 nitrogen and oxygen atoms in total. The zero-order chi connectivity index (χ0) is 17.2. The van der Waals surface area contributed by atoms with Crippen molar-refractivity contribution in [1.82, 2.24) is 4.31 Å². The molecule has 0 bridgehead atoms. The van der Waals surface area contributed by atoms with E-state index in [1.807, 2.05) is 0 Å². The van der Waals surface area contributed by atoms with E-state index in [1.165, 1.54) is 20.0 Å². The summed E-state index contributed by atoms with van der Waals surface area (Å²) >= 11 is 1.15. The third-order valence-electron chi connectivity index (χ3n) is 3.22. The van der Waals surface area contributed by atoms with Crippen LogP contribution < -0.4 is 5.32 Å². The van der Waals surface area contributed by atoms with Crippen LogP contribution >= 0.6 is 11.3 Å². The molecule has 0 spiro atoms. The Bertz CT molecular complexity index is 857. The Labute approximate surface area is 137 Å². The average Bonchev–Trinajstić information content (AvgIpc) is 2.90. The molecule has 0 saturated carbocycles. The summed E-state index contributed by atoms with van der Waals surface area (Å²) in [4.78, 5) is 23.1. The maximum Gasteiger partial charge on any atom is 0.345 e. The van der Waals surface area contributed by atoms with E-state index in [0.717, 1.165) is 20.3 Å². The molecule has 0 aliphatic rings. The van der Waals surface area contributed by atoms with Crippen molar-refractivity contribution in [2.45, 2.75) is 6.92 Å². The minimum absolute atomic E-state index is 0.0738. The number of anilines is 1. The van der Waals surface area contributed by atoms with Crippen LogP contribution in [0.15, 0.2) is 24.3 Å². The molecule has 0 fully saturated rings. The molecule has 1 amide bonds. The van der Waals surface area contributed by atoms with Gasteiger partial charge in [-0.1, -0.05) is 0 Å². The van der Waals surface area contributed by atoms with E-state index in [4.69, 9.17) is 5.11 Å². The van der Waals surface area contributed by atoms with Gasteiger partial charge in [0.25, 0.3) is 0 Å². The van der Waals surface area contributed by atoms with Gasteiger partial charge in [0.2, 0.25) is 15.9 Å². The van der Waals surface area contributed by atoms with Crippen LogP contribution in [0, 0.1) is 0 Å².